The Morgan fingerprint density at radius 2 is 1.72 bits per heavy atom. The maximum absolute atomic E-state index is 12.5. The third kappa shape index (κ3) is 5.81. The van der Waals surface area contributed by atoms with Crippen LogP contribution in [-0.2, 0) is 4.79 Å². The summed E-state index contributed by atoms with van der Waals surface area (Å²) in [4.78, 5) is 36.2. The molecule has 0 bridgehead atoms. The summed E-state index contributed by atoms with van der Waals surface area (Å²) in [6.07, 6.45) is 5.59. The minimum absolute atomic E-state index is 0.0131. The van der Waals surface area contributed by atoms with E-state index in [4.69, 9.17) is 5.73 Å². The van der Waals surface area contributed by atoms with Crippen molar-refractivity contribution in [2.75, 3.05) is 17.2 Å². The van der Waals surface area contributed by atoms with Crippen molar-refractivity contribution in [2.45, 2.75) is 38.1 Å². The maximum Gasteiger partial charge on any atom is 0.251 e. The minimum atomic E-state index is -0.606. The number of benzene rings is 2. The Labute approximate surface area is 170 Å². The van der Waals surface area contributed by atoms with Gasteiger partial charge in [-0.2, -0.15) is 0 Å². The summed E-state index contributed by atoms with van der Waals surface area (Å²) in [7, 11) is 0. The minimum Gasteiger partial charge on any atom is -0.376 e. The molecule has 1 fully saturated rings. The van der Waals surface area contributed by atoms with Crippen molar-refractivity contribution in [3.63, 3.8) is 0 Å². The second-order valence-electron chi connectivity index (χ2n) is 7.20. The van der Waals surface area contributed by atoms with E-state index < -0.39 is 5.91 Å². The van der Waals surface area contributed by atoms with Crippen molar-refractivity contribution < 1.29 is 14.4 Å². The molecule has 1 aliphatic rings. The number of anilines is 2. The number of carbonyl (C=O) groups excluding carboxylic acids is 3. The molecule has 0 aromatic heterocycles. The average molecular weight is 394 g/mol. The summed E-state index contributed by atoms with van der Waals surface area (Å²) >= 11 is 0. The van der Waals surface area contributed by atoms with Crippen LogP contribution in [0.1, 0.15) is 52.8 Å². The van der Waals surface area contributed by atoms with Gasteiger partial charge in [-0.05, 0) is 43.2 Å². The van der Waals surface area contributed by atoms with Gasteiger partial charge >= 0.3 is 0 Å². The van der Waals surface area contributed by atoms with Gasteiger partial charge in [0.05, 0.1) is 17.8 Å². The van der Waals surface area contributed by atoms with Crippen molar-refractivity contribution in [3.05, 3.63) is 59.7 Å². The van der Waals surface area contributed by atoms with Gasteiger partial charge in [-0.15, -0.1) is 0 Å². The molecule has 0 aliphatic heterocycles. The number of para-hydroxylation sites is 1. The van der Waals surface area contributed by atoms with Crippen LogP contribution in [0.5, 0.6) is 0 Å². The molecule has 0 heterocycles. The lowest BCUT2D eigenvalue weighted by Crippen LogP contribution is -2.36. The van der Waals surface area contributed by atoms with E-state index in [-0.39, 0.29) is 30.0 Å². The lowest BCUT2D eigenvalue weighted by molar-refractivity contribution is -0.114. The molecule has 1 saturated carbocycles. The third-order valence-electron chi connectivity index (χ3n) is 4.98. The molecule has 5 N–H and O–H groups in total. The van der Waals surface area contributed by atoms with E-state index in [1.165, 1.54) is 6.42 Å². The van der Waals surface area contributed by atoms with Crippen molar-refractivity contribution in [2.24, 2.45) is 5.73 Å². The number of nitrogens with one attached hydrogen (secondary N) is 3. The Kier molecular flexibility index (Phi) is 6.84. The predicted molar refractivity (Wildman–Crippen MR) is 113 cm³/mol. The molecule has 0 saturated heterocycles. The molecule has 7 heteroatoms. The van der Waals surface area contributed by atoms with Crippen molar-refractivity contribution in [3.8, 4) is 0 Å². The highest BCUT2D eigenvalue weighted by Gasteiger charge is 2.17. The molecule has 0 spiro atoms. The number of rotatable bonds is 7. The molecule has 1 aliphatic carbocycles. The lowest BCUT2D eigenvalue weighted by Gasteiger charge is -2.22. The van der Waals surface area contributed by atoms with Crippen LogP contribution in [0.15, 0.2) is 48.5 Å². The highest BCUT2D eigenvalue weighted by molar-refractivity contribution is 6.03. The molecule has 2 aromatic carbocycles. The van der Waals surface area contributed by atoms with Gasteiger partial charge in [-0.3, -0.25) is 14.4 Å². The van der Waals surface area contributed by atoms with Gasteiger partial charge in [0.25, 0.3) is 11.8 Å². The van der Waals surface area contributed by atoms with Gasteiger partial charge < -0.3 is 21.7 Å². The molecule has 7 nitrogen and oxygen atoms in total. The quantitative estimate of drug-likeness (QED) is 0.578. The fourth-order valence-corrected chi connectivity index (χ4v) is 3.47. The van der Waals surface area contributed by atoms with Crippen LogP contribution in [0, 0.1) is 0 Å². The Bertz CT molecular complexity index is 891. The molecule has 0 radical (unpaired) electrons. The van der Waals surface area contributed by atoms with Gasteiger partial charge in [-0.1, -0.05) is 37.5 Å². The van der Waals surface area contributed by atoms with Crippen LogP contribution in [0.25, 0.3) is 0 Å². The predicted octanol–water partition coefficient (Wildman–Crippen LogP) is 2.90. The zero-order valence-corrected chi connectivity index (χ0v) is 16.2. The zero-order valence-electron chi connectivity index (χ0n) is 16.2. The van der Waals surface area contributed by atoms with E-state index >= 15 is 0 Å². The van der Waals surface area contributed by atoms with Crippen molar-refractivity contribution >= 4 is 29.1 Å². The van der Waals surface area contributed by atoms with Gasteiger partial charge in [0.1, 0.15) is 0 Å². The molecule has 2 aromatic rings. The zero-order chi connectivity index (χ0) is 20.6. The van der Waals surface area contributed by atoms with Crippen molar-refractivity contribution in [1.82, 2.24) is 5.32 Å². The first-order chi connectivity index (χ1) is 14.0. The summed E-state index contributed by atoms with van der Waals surface area (Å²) < 4.78 is 0. The second kappa shape index (κ2) is 9.73. The molecule has 152 valence electrons. The monoisotopic (exact) mass is 394 g/mol. The van der Waals surface area contributed by atoms with Gasteiger partial charge in [0.15, 0.2) is 0 Å². The fraction of sp³-hybridized carbons (Fsp3) is 0.318. The molecule has 29 heavy (non-hydrogen) atoms. The van der Waals surface area contributed by atoms with Crippen LogP contribution in [0.4, 0.5) is 11.4 Å². The maximum atomic E-state index is 12.5. The van der Waals surface area contributed by atoms with E-state index in [0.29, 0.717) is 16.9 Å². The standard InChI is InChI=1S/C22H26N4O3/c23-21(28)18-11-4-5-12-19(18)26-20(27)14-24-17-10-6-7-15(13-17)22(29)25-16-8-2-1-3-9-16/h4-7,10-13,16,24H,1-3,8-9,14H2,(H2,23,28)(H,25,29)(H,26,27). The first-order valence-electron chi connectivity index (χ1n) is 9.86. The van der Waals surface area contributed by atoms with Crippen LogP contribution in [0.3, 0.4) is 0 Å². The van der Waals surface area contributed by atoms with Crippen LogP contribution < -0.4 is 21.7 Å². The van der Waals surface area contributed by atoms with Gasteiger partial charge in [0.2, 0.25) is 5.91 Å². The lowest BCUT2D eigenvalue weighted by atomic mass is 9.95. The molecular formula is C22H26N4O3. The van der Waals surface area contributed by atoms with Crippen molar-refractivity contribution in [1.29, 1.82) is 0 Å². The third-order valence-corrected chi connectivity index (χ3v) is 4.98. The first kappa shape index (κ1) is 20.4. The van der Waals surface area contributed by atoms with E-state index in [9.17, 15) is 14.4 Å². The highest BCUT2D eigenvalue weighted by atomic mass is 16.2. The summed E-state index contributed by atoms with van der Waals surface area (Å²) in [5, 5.41) is 8.76. The Balaban J connectivity index is 1.55. The SMILES string of the molecule is NC(=O)c1ccccc1NC(=O)CNc1cccc(C(=O)NC2CCCCC2)c1. The summed E-state index contributed by atoms with van der Waals surface area (Å²) in [6, 6.07) is 13.9. The summed E-state index contributed by atoms with van der Waals surface area (Å²) in [5.41, 5.74) is 7.17. The number of hydrogen-bond acceptors (Lipinski definition) is 4. The number of carbonyl (C=O) groups is 3. The molecule has 0 atom stereocenters. The Morgan fingerprint density at radius 3 is 2.48 bits per heavy atom. The van der Waals surface area contributed by atoms with E-state index in [0.717, 1.165) is 25.7 Å². The largest absolute Gasteiger partial charge is 0.376 e. The molecule has 3 amide bonds. The van der Waals surface area contributed by atoms with E-state index in [1.807, 2.05) is 0 Å². The van der Waals surface area contributed by atoms with Crippen LogP contribution >= 0.6 is 0 Å². The smallest absolute Gasteiger partial charge is 0.251 e. The van der Waals surface area contributed by atoms with E-state index in [2.05, 4.69) is 16.0 Å². The van der Waals surface area contributed by atoms with Crippen LogP contribution in [-0.4, -0.2) is 30.3 Å². The van der Waals surface area contributed by atoms with Gasteiger partial charge in [0, 0.05) is 17.3 Å². The normalized spacial score (nSPS) is 14.1. The Hall–Kier alpha value is -3.35. The summed E-state index contributed by atoms with van der Waals surface area (Å²) in [5.74, 6) is -1.03. The topological polar surface area (TPSA) is 113 Å². The Morgan fingerprint density at radius 1 is 0.966 bits per heavy atom. The van der Waals surface area contributed by atoms with Crippen LogP contribution in [0.2, 0.25) is 0 Å². The first-order valence-corrected chi connectivity index (χ1v) is 9.86. The van der Waals surface area contributed by atoms with Gasteiger partial charge in [-0.25, -0.2) is 0 Å². The van der Waals surface area contributed by atoms with E-state index in [1.54, 1.807) is 48.5 Å². The highest BCUT2D eigenvalue weighted by Crippen LogP contribution is 2.19. The average Bonchev–Trinajstić information content (AvgIpc) is 2.73. The second-order valence-corrected chi connectivity index (χ2v) is 7.20. The summed E-state index contributed by atoms with van der Waals surface area (Å²) in [6.45, 7) is -0.0131. The number of primary amides is 1. The number of nitrogens with two attached hydrogens (primary N) is 1. The molecular weight excluding hydrogens is 368 g/mol. The number of amides is 3. The fourth-order valence-electron chi connectivity index (χ4n) is 3.47. The number of hydrogen-bond donors (Lipinski definition) is 4. The molecule has 3 rings (SSSR count). The molecule has 0 unspecified atom stereocenters.